The van der Waals surface area contributed by atoms with Gasteiger partial charge < -0.3 is 0 Å². The van der Waals surface area contributed by atoms with Crippen molar-refractivity contribution in [3.05, 3.63) is 33.6 Å². The third-order valence-electron chi connectivity index (χ3n) is 2.13. The summed E-state index contributed by atoms with van der Waals surface area (Å²) in [5.74, 6) is 0.874. The zero-order valence-corrected chi connectivity index (χ0v) is 10.6. The molecule has 0 saturated carbocycles. The topological polar surface area (TPSA) is 25.8 Å². The van der Waals surface area contributed by atoms with Crippen LogP contribution in [0.5, 0.6) is 0 Å². The third-order valence-corrected chi connectivity index (χ3v) is 2.97. The van der Waals surface area contributed by atoms with Crippen molar-refractivity contribution < 1.29 is 0 Å². The van der Waals surface area contributed by atoms with Crippen LogP contribution in [0.2, 0.25) is 5.02 Å². The molecule has 0 spiro atoms. The van der Waals surface area contributed by atoms with Crippen molar-refractivity contribution in [3.63, 3.8) is 0 Å². The number of halogens is 2. The van der Waals surface area contributed by atoms with Gasteiger partial charge in [-0.05, 0) is 40.5 Å². The summed E-state index contributed by atoms with van der Waals surface area (Å²) < 4.78 is 0.818. The molecule has 0 saturated heterocycles. The summed E-state index contributed by atoms with van der Waals surface area (Å²) in [7, 11) is 0. The fraction of sp³-hybridized carbons (Fsp3) is 0.273. The molecule has 0 unspecified atom stereocenters. The molecule has 0 aliphatic carbocycles. The lowest BCUT2D eigenvalue weighted by atomic mass is 10.2. The first kappa shape index (κ1) is 10.8. The summed E-state index contributed by atoms with van der Waals surface area (Å²) in [4.78, 5) is 8.85. The van der Waals surface area contributed by atoms with Crippen molar-refractivity contribution in [1.29, 1.82) is 0 Å². The Morgan fingerprint density at radius 3 is 2.87 bits per heavy atom. The minimum atomic E-state index is 0.704. The highest BCUT2D eigenvalue weighted by Crippen LogP contribution is 2.24. The van der Waals surface area contributed by atoms with Gasteiger partial charge >= 0.3 is 0 Å². The van der Waals surface area contributed by atoms with Crippen LogP contribution in [0, 0.1) is 0 Å². The predicted molar refractivity (Wildman–Crippen MR) is 66.2 cm³/mol. The van der Waals surface area contributed by atoms with E-state index in [1.54, 1.807) is 0 Å². The fourth-order valence-corrected chi connectivity index (χ4v) is 2.14. The van der Waals surface area contributed by atoms with E-state index in [1.165, 1.54) is 0 Å². The quantitative estimate of drug-likeness (QED) is 0.780. The molecule has 0 fully saturated rings. The molecule has 0 radical (unpaired) electrons. The SMILES string of the molecule is CCCc1nc(Br)c2cc(Cl)ccc2n1. The van der Waals surface area contributed by atoms with E-state index >= 15 is 0 Å². The molecule has 15 heavy (non-hydrogen) atoms. The molecule has 0 N–H and O–H groups in total. The van der Waals surface area contributed by atoms with Crippen molar-refractivity contribution in [2.24, 2.45) is 0 Å². The van der Waals surface area contributed by atoms with E-state index in [2.05, 4.69) is 32.8 Å². The van der Waals surface area contributed by atoms with Gasteiger partial charge in [0.05, 0.1) is 5.52 Å². The van der Waals surface area contributed by atoms with Crippen molar-refractivity contribution >= 4 is 38.4 Å². The molecule has 4 heteroatoms. The van der Waals surface area contributed by atoms with Crippen LogP contribution in [-0.2, 0) is 6.42 Å². The molecule has 0 amide bonds. The Bertz CT molecular complexity index is 499. The lowest BCUT2D eigenvalue weighted by Gasteiger charge is -2.03. The van der Waals surface area contributed by atoms with Gasteiger partial charge in [0.2, 0.25) is 0 Å². The van der Waals surface area contributed by atoms with Crippen LogP contribution in [0.1, 0.15) is 19.2 Å². The molecule has 0 aliphatic heterocycles. The Morgan fingerprint density at radius 1 is 1.33 bits per heavy atom. The van der Waals surface area contributed by atoms with Gasteiger partial charge in [-0.1, -0.05) is 18.5 Å². The van der Waals surface area contributed by atoms with Crippen LogP contribution >= 0.6 is 27.5 Å². The van der Waals surface area contributed by atoms with Gasteiger partial charge in [-0.15, -0.1) is 0 Å². The summed E-state index contributed by atoms with van der Waals surface area (Å²) in [5, 5.41) is 1.66. The lowest BCUT2D eigenvalue weighted by molar-refractivity contribution is 0.840. The summed E-state index contributed by atoms with van der Waals surface area (Å²) in [6.45, 7) is 2.11. The number of aromatic nitrogens is 2. The largest absolute Gasteiger partial charge is 0.233 e. The maximum absolute atomic E-state index is 5.92. The fourth-order valence-electron chi connectivity index (χ4n) is 1.44. The smallest absolute Gasteiger partial charge is 0.130 e. The summed E-state index contributed by atoms with van der Waals surface area (Å²) >= 11 is 9.36. The Labute approximate surface area is 102 Å². The average molecular weight is 286 g/mol. The first-order valence-corrected chi connectivity index (χ1v) is 5.99. The number of hydrogen-bond acceptors (Lipinski definition) is 2. The van der Waals surface area contributed by atoms with Crippen molar-refractivity contribution in [2.45, 2.75) is 19.8 Å². The maximum atomic E-state index is 5.92. The molecule has 1 aromatic heterocycles. The van der Waals surface area contributed by atoms with E-state index < -0.39 is 0 Å². The van der Waals surface area contributed by atoms with Crippen LogP contribution in [0.15, 0.2) is 22.8 Å². The zero-order valence-electron chi connectivity index (χ0n) is 8.30. The van der Waals surface area contributed by atoms with Crippen LogP contribution in [0.4, 0.5) is 0 Å². The lowest BCUT2D eigenvalue weighted by Crippen LogP contribution is -1.96. The second kappa shape index (κ2) is 4.45. The van der Waals surface area contributed by atoms with Gasteiger partial charge in [0.15, 0.2) is 0 Å². The van der Waals surface area contributed by atoms with Crippen LogP contribution in [-0.4, -0.2) is 9.97 Å². The highest BCUT2D eigenvalue weighted by atomic mass is 79.9. The molecule has 2 nitrogen and oxygen atoms in total. The second-order valence-electron chi connectivity index (χ2n) is 3.34. The minimum Gasteiger partial charge on any atom is -0.233 e. The molecular formula is C11H10BrClN2. The summed E-state index contributed by atoms with van der Waals surface area (Å²) in [5.41, 5.74) is 0.935. The maximum Gasteiger partial charge on any atom is 0.130 e. The number of aryl methyl sites for hydroxylation is 1. The van der Waals surface area contributed by atoms with E-state index in [9.17, 15) is 0 Å². The monoisotopic (exact) mass is 284 g/mol. The molecule has 1 heterocycles. The Hall–Kier alpha value is -0.670. The Morgan fingerprint density at radius 2 is 2.13 bits per heavy atom. The molecule has 2 rings (SSSR count). The van der Waals surface area contributed by atoms with Gasteiger partial charge in [0, 0.05) is 16.8 Å². The van der Waals surface area contributed by atoms with Crippen molar-refractivity contribution in [3.8, 4) is 0 Å². The number of nitrogens with zero attached hydrogens (tertiary/aromatic N) is 2. The highest BCUT2D eigenvalue weighted by molar-refractivity contribution is 9.10. The molecule has 0 aliphatic rings. The molecule has 2 aromatic rings. The van der Waals surface area contributed by atoms with Gasteiger partial charge in [-0.2, -0.15) is 0 Å². The highest BCUT2D eigenvalue weighted by Gasteiger charge is 2.05. The number of benzene rings is 1. The summed E-state index contributed by atoms with van der Waals surface area (Å²) in [6, 6.07) is 5.64. The van der Waals surface area contributed by atoms with Crippen LogP contribution < -0.4 is 0 Å². The normalized spacial score (nSPS) is 10.9. The van der Waals surface area contributed by atoms with E-state index in [4.69, 9.17) is 11.6 Å². The Kier molecular flexibility index (Phi) is 3.22. The minimum absolute atomic E-state index is 0.704. The molecular weight excluding hydrogens is 275 g/mol. The Balaban J connectivity index is 2.62. The van der Waals surface area contributed by atoms with Crippen molar-refractivity contribution in [2.75, 3.05) is 0 Å². The number of fused-ring (bicyclic) bond motifs is 1. The van der Waals surface area contributed by atoms with Crippen LogP contribution in [0.25, 0.3) is 10.9 Å². The van der Waals surface area contributed by atoms with Crippen LogP contribution in [0.3, 0.4) is 0 Å². The van der Waals surface area contributed by atoms with E-state index in [0.717, 1.165) is 34.2 Å². The van der Waals surface area contributed by atoms with E-state index in [1.807, 2.05) is 18.2 Å². The first-order chi connectivity index (χ1) is 7.20. The zero-order chi connectivity index (χ0) is 10.8. The molecule has 1 aromatic carbocycles. The standard InChI is InChI=1S/C11H10BrClN2/c1-2-3-10-14-9-5-4-7(13)6-8(9)11(12)15-10/h4-6H,2-3H2,1H3. The van der Waals surface area contributed by atoms with E-state index in [0.29, 0.717) is 5.02 Å². The van der Waals surface area contributed by atoms with E-state index in [-0.39, 0.29) is 0 Å². The second-order valence-corrected chi connectivity index (χ2v) is 4.53. The van der Waals surface area contributed by atoms with Crippen molar-refractivity contribution in [1.82, 2.24) is 9.97 Å². The van der Waals surface area contributed by atoms with Gasteiger partial charge in [0.1, 0.15) is 10.4 Å². The average Bonchev–Trinajstić information content (AvgIpc) is 2.20. The van der Waals surface area contributed by atoms with Gasteiger partial charge in [-0.25, -0.2) is 9.97 Å². The first-order valence-electron chi connectivity index (χ1n) is 4.82. The molecule has 0 bridgehead atoms. The number of rotatable bonds is 2. The van der Waals surface area contributed by atoms with Gasteiger partial charge in [0.25, 0.3) is 0 Å². The summed E-state index contributed by atoms with van der Waals surface area (Å²) in [6.07, 6.45) is 1.95. The number of hydrogen-bond donors (Lipinski definition) is 0. The third kappa shape index (κ3) is 2.29. The van der Waals surface area contributed by atoms with Gasteiger partial charge in [-0.3, -0.25) is 0 Å². The molecule has 78 valence electrons. The predicted octanol–water partition coefficient (Wildman–Crippen LogP) is 4.00. The molecule has 0 atom stereocenters.